The Hall–Kier alpha value is -3.63. The van der Waals surface area contributed by atoms with E-state index in [1.807, 2.05) is 46.2 Å². The molecule has 0 radical (unpaired) electrons. The van der Waals surface area contributed by atoms with Gasteiger partial charge in [-0.15, -0.1) is 5.10 Å². The van der Waals surface area contributed by atoms with Gasteiger partial charge in [0.2, 0.25) is 0 Å². The maximum Gasteiger partial charge on any atom is 0.155 e. The van der Waals surface area contributed by atoms with Gasteiger partial charge in [-0.3, -0.25) is 9.97 Å². The van der Waals surface area contributed by atoms with Gasteiger partial charge >= 0.3 is 0 Å². The summed E-state index contributed by atoms with van der Waals surface area (Å²) in [5, 5.41) is 12.7. The van der Waals surface area contributed by atoms with Crippen molar-refractivity contribution in [2.75, 3.05) is 37.7 Å². The fourth-order valence-electron chi connectivity index (χ4n) is 5.63. The summed E-state index contributed by atoms with van der Waals surface area (Å²) in [5.41, 5.74) is 2.99. The minimum atomic E-state index is -0.468. The highest BCUT2D eigenvalue weighted by Crippen LogP contribution is 2.34. The van der Waals surface area contributed by atoms with Crippen LogP contribution in [0.15, 0.2) is 61.4 Å². The Balaban J connectivity index is 1.07. The average Bonchev–Trinajstić information content (AvgIpc) is 3.62. The van der Waals surface area contributed by atoms with Gasteiger partial charge in [0.15, 0.2) is 11.4 Å². The highest BCUT2D eigenvalue weighted by molar-refractivity contribution is 5.52. The van der Waals surface area contributed by atoms with Crippen LogP contribution >= 0.6 is 0 Å². The molecule has 0 amide bonds. The van der Waals surface area contributed by atoms with E-state index in [2.05, 4.69) is 37.6 Å². The summed E-state index contributed by atoms with van der Waals surface area (Å²) in [5.74, 6) is 1.62. The molecule has 10 heteroatoms. The first-order chi connectivity index (χ1) is 18.8. The van der Waals surface area contributed by atoms with E-state index in [1.54, 1.807) is 12.4 Å². The van der Waals surface area contributed by atoms with Crippen molar-refractivity contribution < 1.29 is 4.74 Å². The molecular weight excluding hydrogens is 478 g/mol. The molecule has 0 spiro atoms. The smallest absolute Gasteiger partial charge is 0.155 e. The molecule has 2 aliphatic heterocycles. The third-order valence-corrected chi connectivity index (χ3v) is 8.30. The predicted octanol–water partition coefficient (Wildman–Crippen LogP) is 3.05. The Kier molecular flexibility index (Phi) is 6.13. The molecule has 0 unspecified atom stereocenters. The fraction of sp³-hybridized carbons (Fsp3) is 0.464. The number of nitrogens with one attached hydrogen (secondary N) is 1. The molecule has 196 valence electrons. The lowest BCUT2D eigenvalue weighted by Crippen LogP contribution is -2.53. The molecule has 0 aromatic carbocycles. The second kappa shape index (κ2) is 9.92. The molecule has 3 aliphatic rings. The molecule has 4 aromatic rings. The van der Waals surface area contributed by atoms with E-state index in [0.29, 0.717) is 30.6 Å². The van der Waals surface area contributed by atoms with Gasteiger partial charge < -0.3 is 19.5 Å². The number of ether oxygens (including phenoxy) is 1. The molecule has 10 nitrogen and oxygen atoms in total. The lowest BCUT2D eigenvalue weighted by atomic mass is 9.85. The van der Waals surface area contributed by atoms with Gasteiger partial charge in [-0.05, 0) is 62.4 Å². The van der Waals surface area contributed by atoms with Crippen LogP contribution in [-0.4, -0.2) is 73.4 Å². The number of hydrogen-bond acceptors (Lipinski definition) is 8. The maximum atomic E-state index is 5.67. The molecule has 4 aromatic heterocycles. The van der Waals surface area contributed by atoms with E-state index in [1.165, 1.54) is 44.3 Å². The Morgan fingerprint density at radius 2 is 1.89 bits per heavy atom. The maximum absolute atomic E-state index is 5.67. The van der Waals surface area contributed by atoms with Crippen LogP contribution in [0.3, 0.4) is 0 Å². The van der Waals surface area contributed by atoms with Crippen LogP contribution < -0.4 is 10.2 Å². The van der Waals surface area contributed by atoms with E-state index < -0.39 is 5.54 Å². The zero-order valence-corrected chi connectivity index (χ0v) is 21.5. The average molecular weight is 512 g/mol. The molecule has 6 heterocycles. The number of anilines is 1. The van der Waals surface area contributed by atoms with Crippen molar-refractivity contribution in [3.05, 3.63) is 67.1 Å². The van der Waals surface area contributed by atoms with E-state index in [0.717, 1.165) is 30.5 Å². The van der Waals surface area contributed by atoms with Crippen LogP contribution in [0, 0.1) is 5.92 Å². The Morgan fingerprint density at radius 3 is 2.63 bits per heavy atom. The van der Waals surface area contributed by atoms with Gasteiger partial charge in [0, 0.05) is 31.5 Å². The monoisotopic (exact) mass is 511 g/mol. The van der Waals surface area contributed by atoms with Gasteiger partial charge in [-0.1, -0.05) is 11.6 Å². The highest BCUT2D eigenvalue weighted by Gasteiger charge is 2.45. The van der Waals surface area contributed by atoms with E-state index in [-0.39, 0.29) is 0 Å². The second-order valence-electron chi connectivity index (χ2n) is 10.8. The van der Waals surface area contributed by atoms with Crippen LogP contribution in [0.2, 0.25) is 0 Å². The van der Waals surface area contributed by atoms with Crippen LogP contribution in [0.5, 0.6) is 0 Å². The Labute approximate surface area is 222 Å². The summed E-state index contributed by atoms with van der Waals surface area (Å²) in [6.45, 7) is 4.30. The quantitative estimate of drug-likeness (QED) is 0.385. The molecule has 38 heavy (non-hydrogen) atoms. The number of pyridine rings is 1. The van der Waals surface area contributed by atoms with Crippen molar-refractivity contribution in [2.24, 2.45) is 5.92 Å². The van der Waals surface area contributed by atoms with Crippen molar-refractivity contribution in [2.45, 2.75) is 43.7 Å². The molecule has 1 atom stereocenters. The van der Waals surface area contributed by atoms with Crippen LogP contribution in [0.1, 0.15) is 37.8 Å². The van der Waals surface area contributed by atoms with Gasteiger partial charge in [0.25, 0.3) is 0 Å². The first-order valence-electron chi connectivity index (χ1n) is 13.7. The third-order valence-electron chi connectivity index (χ3n) is 8.30. The van der Waals surface area contributed by atoms with Crippen molar-refractivity contribution in [1.29, 1.82) is 0 Å². The van der Waals surface area contributed by atoms with E-state index in [4.69, 9.17) is 14.7 Å². The summed E-state index contributed by atoms with van der Waals surface area (Å²) in [6.07, 6.45) is 17.9. The highest BCUT2D eigenvalue weighted by atomic mass is 16.5. The van der Waals surface area contributed by atoms with Crippen LogP contribution in [0.4, 0.5) is 5.69 Å². The van der Waals surface area contributed by atoms with Crippen LogP contribution in [0.25, 0.3) is 17.2 Å². The lowest BCUT2D eigenvalue weighted by molar-refractivity contribution is -0.0851. The SMILES string of the molecule is c1ccn(-c2cncc(-c3cn(C4(c5ccc(N6CCC[C@@H](NCC7CCC7)C6)cn5)COC4)nn3)n2)c1. The first kappa shape index (κ1) is 23.5. The Bertz CT molecular complexity index is 1360. The number of aromatic nitrogens is 7. The van der Waals surface area contributed by atoms with Gasteiger partial charge in [0.1, 0.15) is 11.4 Å². The molecular formula is C28H33N9O. The number of hydrogen-bond donors (Lipinski definition) is 1. The minimum absolute atomic E-state index is 0.468. The topological polar surface area (TPSA) is 98.8 Å². The minimum Gasteiger partial charge on any atom is -0.375 e. The normalized spacial score (nSPS) is 21.2. The predicted molar refractivity (Wildman–Crippen MR) is 143 cm³/mol. The summed E-state index contributed by atoms with van der Waals surface area (Å²) in [7, 11) is 0. The molecule has 0 bridgehead atoms. The van der Waals surface area contributed by atoms with E-state index in [9.17, 15) is 0 Å². The molecule has 1 aliphatic carbocycles. The second-order valence-corrected chi connectivity index (χ2v) is 10.8. The summed E-state index contributed by atoms with van der Waals surface area (Å²) in [6, 6.07) is 8.79. The molecule has 7 rings (SSSR count). The number of rotatable bonds is 8. The summed E-state index contributed by atoms with van der Waals surface area (Å²) >= 11 is 0. The largest absolute Gasteiger partial charge is 0.375 e. The van der Waals surface area contributed by atoms with Crippen molar-refractivity contribution in [3.8, 4) is 17.2 Å². The Morgan fingerprint density at radius 1 is 1.00 bits per heavy atom. The van der Waals surface area contributed by atoms with Gasteiger partial charge in [0.05, 0.1) is 49.4 Å². The van der Waals surface area contributed by atoms with Crippen molar-refractivity contribution >= 4 is 5.69 Å². The van der Waals surface area contributed by atoms with Gasteiger partial charge in [-0.25, -0.2) is 9.67 Å². The zero-order chi connectivity index (χ0) is 25.4. The van der Waals surface area contributed by atoms with E-state index >= 15 is 0 Å². The molecule has 1 N–H and O–H groups in total. The molecule has 2 saturated heterocycles. The van der Waals surface area contributed by atoms with Crippen LogP contribution in [-0.2, 0) is 10.3 Å². The molecule has 1 saturated carbocycles. The van der Waals surface area contributed by atoms with Crippen molar-refractivity contribution in [3.63, 3.8) is 0 Å². The zero-order valence-electron chi connectivity index (χ0n) is 21.5. The summed E-state index contributed by atoms with van der Waals surface area (Å²) < 4.78 is 9.47. The third kappa shape index (κ3) is 4.37. The molecule has 3 fully saturated rings. The van der Waals surface area contributed by atoms with Crippen molar-refractivity contribution in [1.82, 2.24) is 39.8 Å². The van der Waals surface area contributed by atoms with Gasteiger partial charge in [-0.2, -0.15) is 0 Å². The fourth-order valence-corrected chi connectivity index (χ4v) is 5.63. The summed E-state index contributed by atoms with van der Waals surface area (Å²) in [4.78, 5) is 16.5. The lowest BCUT2D eigenvalue weighted by Gasteiger charge is -2.41. The first-order valence-corrected chi connectivity index (χ1v) is 13.7. The number of piperidine rings is 1. The number of nitrogens with zero attached hydrogens (tertiary/aromatic N) is 8. The standard InChI is InChI=1S/C28H33N9O/c1-2-11-35(10-1)27-16-29-15-24(32-27)25-18-37(34-33-25)28(19-38-20-28)26-9-8-23(14-31-26)36-12-4-7-22(17-36)30-13-21-5-3-6-21/h1-2,8-11,14-16,18,21-22,30H,3-7,12-13,17,19-20H2/t22-/m1/s1.